The minimum absolute atomic E-state index is 0.131. The number of nitrogens with zero attached hydrogens (tertiary/aromatic N) is 2. The minimum Gasteiger partial charge on any atom is -0.486 e. The molecule has 5 nitrogen and oxygen atoms in total. The quantitative estimate of drug-likeness (QED) is 0.340. The van der Waals surface area contributed by atoms with Gasteiger partial charge in [-0.05, 0) is 24.3 Å². The number of amides is 1. The number of hydrogen-bond acceptors (Lipinski definition) is 5. The molecule has 0 N–H and O–H groups in total. The standard InChI is InChI=1S/C22H20N2O3S2/c1-2-10-24-17-14-18-19(27-12-11-26-18)15-20(17)29-22(24)23-21(25)9-6-13-28-16-7-4-3-5-8-16/h1,3-5,7-8,14-15H,6,9-13H2. The molecule has 0 bridgehead atoms. The van der Waals surface area contributed by atoms with Crippen LogP contribution in [0.5, 0.6) is 11.5 Å². The van der Waals surface area contributed by atoms with Gasteiger partial charge in [0.05, 0.1) is 16.8 Å². The summed E-state index contributed by atoms with van der Waals surface area (Å²) in [6.45, 7) is 1.40. The molecular formula is C22H20N2O3S2. The molecule has 1 aromatic heterocycles. The highest BCUT2D eigenvalue weighted by atomic mass is 32.2. The molecule has 1 aliphatic rings. The largest absolute Gasteiger partial charge is 0.486 e. The highest BCUT2D eigenvalue weighted by Gasteiger charge is 2.16. The van der Waals surface area contributed by atoms with E-state index < -0.39 is 0 Å². The Morgan fingerprint density at radius 1 is 1.21 bits per heavy atom. The zero-order chi connectivity index (χ0) is 20.1. The van der Waals surface area contributed by atoms with Crippen molar-refractivity contribution in [2.75, 3.05) is 19.0 Å². The number of carbonyl (C=O) groups is 1. The Hall–Kier alpha value is -2.69. The smallest absolute Gasteiger partial charge is 0.248 e. The van der Waals surface area contributed by atoms with Crippen LogP contribution in [0.3, 0.4) is 0 Å². The van der Waals surface area contributed by atoms with E-state index in [0.29, 0.717) is 42.5 Å². The summed E-state index contributed by atoms with van der Waals surface area (Å²) >= 11 is 3.19. The van der Waals surface area contributed by atoms with E-state index >= 15 is 0 Å². The first-order valence-corrected chi connectivity index (χ1v) is 11.2. The van der Waals surface area contributed by atoms with Crippen LogP contribution >= 0.6 is 23.1 Å². The lowest BCUT2D eigenvalue weighted by atomic mass is 10.2. The number of thiazole rings is 1. The molecule has 2 heterocycles. The van der Waals surface area contributed by atoms with Crippen molar-refractivity contribution in [1.29, 1.82) is 0 Å². The Kier molecular flexibility index (Phi) is 6.23. The van der Waals surface area contributed by atoms with Crippen molar-refractivity contribution in [2.45, 2.75) is 24.3 Å². The van der Waals surface area contributed by atoms with Gasteiger partial charge in [0.2, 0.25) is 5.91 Å². The number of aromatic nitrogens is 1. The summed E-state index contributed by atoms with van der Waals surface area (Å²) < 4.78 is 14.2. The number of rotatable bonds is 6. The van der Waals surface area contributed by atoms with E-state index in [1.165, 1.54) is 16.2 Å². The van der Waals surface area contributed by atoms with E-state index in [1.54, 1.807) is 11.8 Å². The van der Waals surface area contributed by atoms with E-state index in [4.69, 9.17) is 15.9 Å². The Bertz CT molecular complexity index is 1130. The summed E-state index contributed by atoms with van der Waals surface area (Å²) in [4.78, 5) is 18.6. The molecule has 1 amide bonds. The molecule has 0 atom stereocenters. The zero-order valence-electron chi connectivity index (χ0n) is 15.8. The van der Waals surface area contributed by atoms with Crippen LogP contribution in [0.15, 0.2) is 52.4 Å². The first-order chi connectivity index (χ1) is 14.2. The second-order valence-corrected chi connectivity index (χ2v) is 8.59. The highest BCUT2D eigenvalue weighted by molar-refractivity contribution is 7.99. The van der Waals surface area contributed by atoms with Crippen LogP contribution in [0.1, 0.15) is 12.8 Å². The second-order valence-electron chi connectivity index (χ2n) is 6.41. The van der Waals surface area contributed by atoms with E-state index in [1.807, 2.05) is 34.9 Å². The molecule has 0 saturated heterocycles. The summed E-state index contributed by atoms with van der Waals surface area (Å²) in [7, 11) is 0. The fourth-order valence-electron chi connectivity index (χ4n) is 3.03. The normalized spacial score (nSPS) is 13.4. The number of hydrogen-bond donors (Lipinski definition) is 0. The molecule has 29 heavy (non-hydrogen) atoms. The van der Waals surface area contributed by atoms with Crippen molar-refractivity contribution in [1.82, 2.24) is 4.57 Å². The summed E-state index contributed by atoms with van der Waals surface area (Å²) in [5.74, 6) is 4.81. The van der Waals surface area contributed by atoms with Crippen molar-refractivity contribution < 1.29 is 14.3 Å². The third-order valence-corrected chi connectivity index (χ3v) is 6.50. The Morgan fingerprint density at radius 3 is 2.72 bits per heavy atom. The Morgan fingerprint density at radius 2 is 1.97 bits per heavy atom. The maximum atomic E-state index is 12.4. The molecule has 2 aromatic carbocycles. The lowest BCUT2D eigenvalue weighted by molar-refractivity contribution is -0.118. The van der Waals surface area contributed by atoms with Gasteiger partial charge in [0.15, 0.2) is 16.3 Å². The summed E-state index contributed by atoms with van der Waals surface area (Å²) in [5.41, 5.74) is 0.906. The van der Waals surface area contributed by atoms with E-state index in [0.717, 1.165) is 22.4 Å². The van der Waals surface area contributed by atoms with Crippen LogP contribution in [0, 0.1) is 12.3 Å². The van der Waals surface area contributed by atoms with Crippen LogP contribution in [0.2, 0.25) is 0 Å². The SMILES string of the molecule is C#CCn1c(=NC(=O)CCCSc2ccccc2)sc2cc3c(cc21)OCCO3. The van der Waals surface area contributed by atoms with Crippen molar-refractivity contribution in [3.05, 3.63) is 47.3 Å². The van der Waals surface area contributed by atoms with E-state index in [9.17, 15) is 4.79 Å². The lowest BCUT2D eigenvalue weighted by Crippen LogP contribution is -2.17. The van der Waals surface area contributed by atoms with Gasteiger partial charge in [-0.1, -0.05) is 35.5 Å². The van der Waals surface area contributed by atoms with Crippen molar-refractivity contribution in [2.24, 2.45) is 4.99 Å². The number of carbonyl (C=O) groups excluding carboxylic acids is 1. The molecule has 4 rings (SSSR count). The zero-order valence-corrected chi connectivity index (χ0v) is 17.4. The monoisotopic (exact) mass is 424 g/mol. The maximum absolute atomic E-state index is 12.4. The van der Waals surface area contributed by atoms with Crippen molar-refractivity contribution in [3.63, 3.8) is 0 Å². The number of benzene rings is 2. The van der Waals surface area contributed by atoms with Crippen LogP contribution in [-0.2, 0) is 11.3 Å². The predicted molar refractivity (Wildman–Crippen MR) is 117 cm³/mol. The molecule has 1 aliphatic heterocycles. The van der Waals surface area contributed by atoms with Gasteiger partial charge in [-0.2, -0.15) is 4.99 Å². The Balaban J connectivity index is 1.50. The Labute approximate surface area is 177 Å². The van der Waals surface area contributed by atoms with E-state index in [-0.39, 0.29) is 5.91 Å². The summed E-state index contributed by atoms with van der Waals surface area (Å²) in [5, 5.41) is 0. The topological polar surface area (TPSA) is 52.8 Å². The van der Waals surface area contributed by atoms with Gasteiger partial charge in [0.1, 0.15) is 13.2 Å². The predicted octanol–water partition coefficient (Wildman–Crippen LogP) is 4.11. The average molecular weight is 425 g/mol. The van der Waals surface area contributed by atoms with Gasteiger partial charge in [-0.15, -0.1) is 18.2 Å². The molecule has 148 valence electrons. The van der Waals surface area contributed by atoms with Gasteiger partial charge in [-0.3, -0.25) is 4.79 Å². The van der Waals surface area contributed by atoms with Crippen molar-refractivity contribution >= 4 is 39.2 Å². The van der Waals surface area contributed by atoms with Gasteiger partial charge in [0, 0.05) is 23.4 Å². The number of ether oxygens (including phenoxy) is 2. The van der Waals surface area contributed by atoms with Crippen LogP contribution < -0.4 is 14.3 Å². The van der Waals surface area contributed by atoms with Gasteiger partial charge < -0.3 is 14.0 Å². The van der Waals surface area contributed by atoms with Gasteiger partial charge in [0.25, 0.3) is 0 Å². The number of terminal acetylenes is 1. The average Bonchev–Trinajstić information content (AvgIpc) is 3.06. The molecule has 0 spiro atoms. The van der Waals surface area contributed by atoms with Gasteiger partial charge in [-0.25, -0.2) is 0 Å². The lowest BCUT2D eigenvalue weighted by Gasteiger charge is -2.18. The molecule has 0 unspecified atom stereocenters. The third-order valence-electron chi connectivity index (χ3n) is 4.36. The first kappa shape index (κ1) is 19.6. The molecule has 0 fully saturated rings. The van der Waals surface area contributed by atoms with E-state index in [2.05, 4.69) is 23.0 Å². The fourth-order valence-corrected chi connectivity index (χ4v) is 4.96. The number of thioether (sulfide) groups is 1. The minimum atomic E-state index is -0.131. The number of fused-ring (bicyclic) bond motifs is 2. The van der Waals surface area contributed by atoms with Gasteiger partial charge >= 0.3 is 0 Å². The summed E-state index contributed by atoms with van der Waals surface area (Å²) in [6, 6.07) is 14.0. The fraction of sp³-hybridized carbons (Fsp3) is 0.273. The third kappa shape index (κ3) is 4.66. The molecule has 0 aliphatic carbocycles. The van der Waals surface area contributed by atoms with Crippen LogP contribution in [0.4, 0.5) is 0 Å². The molecule has 0 radical (unpaired) electrons. The molecule has 7 heteroatoms. The second kappa shape index (κ2) is 9.21. The molecule has 3 aromatic rings. The van der Waals surface area contributed by atoms with Crippen LogP contribution in [0.25, 0.3) is 10.2 Å². The summed E-state index contributed by atoms with van der Waals surface area (Å²) in [6.07, 6.45) is 6.74. The van der Waals surface area contributed by atoms with Crippen molar-refractivity contribution in [3.8, 4) is 23.8 Å². The first-order valence-electron chi connectivity index (χ1n) is 9.36. The molecule has 0 saturated carbocycles. The highest BCUT2D eigenvalue weighted by Crippen LogP contribution is 2.35. The van der Waals surface area contributed by atoms with Crippen LogP contribution in [-0.4, -0.2) is 29.4 Å². The molecular weight excluding hydrogens is 404 g/mol. The maximum Gasteiger partial charge on any atom is 0.248 e.